The number of nitrogens with one attached hydrogen (secondary N) is 1. The maximum Gasteiger partial charge on any atom is 0.294 e. The van der Waals surface area contributed by atoms with Crippen LogP contribution in [0.2, 0.25) is 0 Å². The van der Waals surface area contributed by atoms with Crippen LogP contribution in [-0.4, -0.2) is 28.4 Å². The van der Waals surface area contributed by atoms with Gasteiger partial charge >= 0.3 is 0 Å². The summed E-state index contributed by atoms with van der Waals surface area (Å²) in [5, 5.41) is 13.0. The Labute approximate surface area is 136 Å². The van der Waals surface area contributed by atoms with Crippen molar-refractivity contribution in [3.63, 3.8) is 0 Å². The number of allylic oxidation sites excluding steroid dienone is 3. The number of nitrogens with zero attached hydrogens (tertiary/aromatic N) is 3. The van der Waals surface area contributed by atoms with Crippen molar-refractivity contribution in [2.75, 3.05) is 6.61 Å². The molecular formula is C13H12Cl2N4OS. The van der Waals surface area contributed by atoms with Gasteiger partial charge in [0.1, 0.15) is 17.7 Å². The maximum absolute atomic E-state index is 6.23. The van der Waals surface area contributed by atoms with Gasteiger partial charge in [0, 0.05) is 29.2 Å². The van der Waals surface area contributed by atoms with Gasteiger partial charge in [-0.1, -0.05) is 34.1 Å². The molecule has 1 N–H and O–H groups in total. The Morgan fingerprint density at radius 1 is 1.43 bits per heavy atom. The lowest BCUT2D eigenvalue weighted by atomic mass is 10.1. The Kier molecular flexibility index (Phi) is 4.57. The molecule has 2 heterocycles. The number of hydrogen-bond donors (Lipinski definition) is 1. The molecule has 8 heteroatoms. The molecule has 0 saturated carbocycles. The molecule has 0 radical (unpaired) electrons. The molecule has 1 aliphatic heterocycles. The molecule has 21 heavy (non-hydrogen) atoms. The predicted molar refractivity (Wildman–Crippen MR) is 85.2 cm³/mol. The second kappa shape index (κ2) is 6.60. The third kappa shape index (κ3) is 3.45. The molecule has 0 fully saturated rings. The highest BCUT2D eigenvalue weighted by atomic mass is 35.5. The van der Waals surface area contributed by atoms with Gasteiger partial charge in [-0.25, -0.2) is 0 Å². The quantitative estimate of drug-likeness (QED) is 0.853. The first kappa shape index (κ1) is 14.6. The molecule has 2 atom stereocenters. The first-order valence-electron chi connectivity index (χ1n) is 6.34. The zero-order chi connectivity index (χ0) is 14.7. The maximum atomic E-state index is 6.23. The second-order valence-electron chi connectivity index (χ2n) is 4.43. The molecular weight excluding hydrogens is 331 g/mol. The number of aromatic nitrogens is 2. The van der Waals surface area contributed by atoms with Crippen LogP contribution in [0.1, 0.15) is 17.5 Å². The lowest BCUT2D eigenvalue weighted by Gasteiger charge is -2.17. The molecule has 1 aliphatic carbocycles. The number of halogens is 2. The number of hydrogen-bond acceptors (Lipinski definition) is 6. The number of ether oxygens (including phenoxy) is 1. The van der Waals surface area contributed by atoms with E-state index in [1.807, 2.05) is 12.2 Å². The third-order valence-electron chi connectivity index (χ3n) is 3.00. The van der Waals surface area contributed by atoms with Crippen LogP contribution in [0.5, 0.6) is 5.19 Å². The summed E-state index contributed by atoms with van der Waals surface area (Å²) in [5.41, 5.74) is 0.873. The summed E-state index contributed by atoms with van der Waals surface area (Å²) < 4.78 is 5.65. The van der Waals surface area contributed by atoms with E-state index in [1.165, 1.54) is 11.3 Å². The van der Waals surface area contributed by atoms with Gasteiger partial charge in [0.15, 0.2) is 0 Å². The number of rotatable bonds is 4. The zero-order valence-corrected chi connectivity index (χ0v) is 13.2. The summed E-state index contributed by atoms with van der Waals surface area (Å²) in [6.07, 6.45) is 9.77. The normalized spacial score (nSPS) is 24.3. The monoisotopic (exact) mass is 342 g/mol. The lowest BCUT2D eigenvalue weighted by Crippen LogP contribution is -2.18. The summed E-state index contributed by atoms with van der Waals surface area (Å²) in [6, 6.07) is -0.0638. The fourth-order valence-electron chi connectivity index (χ4n) is 1.90. The van der Waals surface area contributed by atoms with Gasteiger partial charge in [0.25, 0.3) is 5.19 Å². The van der Waals surface area contributed by atoms with Crippen molar-refractivity contribution in [3.8, 4) is 5.19 Å². The van der Waals surface area contributed by atoms with Crippen molar-refractivity contribution in [1.82, 2.24) is 15.5 Å². The summed E-state index contributed by atoms with van der Waals surface area (Å²) in [7, 11) is 0. The van der Waals surface area contributed by atoms with Crippen molar-refractivity contribution in [3.05, 3.63) is 40.2 Å². The summed E-state index contributed by atoms with van der Waals surface area (Å²) >= 11 is 13.7. The van der Waals surface area contributed by atoms with E-state index in [4.69, 9.17) is 27.9 Å². The van der Waals surface area contributed by atoms with Gasteiger partial charge in [-0.3, -0.25) is 4.99 Å². The van der Waals surface area contributed by atoms with Crippen LogP contribution < -0.4 is 10.1 Å². The number of aliphatic imine (C=N–C) groups is 1. The van der Waals surface area contributed by atoms with Crippen LogP contribution in [0.4, 0.5) is 0 Å². The Bertz CT molecular complexity index is 638. The van der Waals surface area contributed by atoms with Gasteiger partial charge < -0.3 is 10.1 Å². The van der Waals surface area contributed by atoms with Crippen molar-refractivity contribution >= 4 is 40.8 Å². The molecule has 3 rings (SSSR count). The van der Waals surface area contributed by atoms with E-state index in [-0.39, 0.29) is 11.4 Å². The molecule has 2 aliphatic rings. The van der Waals surface area contributed by atoms with Gasteiger partial charge in [-0.15, -0.1) is 16.7 Å². The topological polar surface area (TPSA) is 59.4 Å². The van der Waals surface area contributed by atoms with Crippen LogP contribution in [0.25, 0.3) is 0 Å². The van der Waals surface area contributed by atoms with E-state index in [0.717, 1.165) is 17.0 Å². The van der Waals surface area contributed by atoms with Gasteiger partial charge in [-0.05, 0) is 12.5 Å². The van der Waals surface area contributed by atoms with Crippen LogP contribution in [-0.2, 0) is 0 Å². The van der Waals surface area contributed by atoms with E-state index in [9.17, 15) is 0 Å². The molecule has 5 nitrogen and oxygen atoms in total. The fraction of sp³-hybridized carbons (Fsp3) is 0.308. The summed E-state index contributed by atoms with van der Waals surface area (Å²) in [6.45, 7) is 0.318. The lowest BCUT2D eigenvalue weighted by molar-refractivity contribution is 0.342. The molecule has 1 aromatic heterocycles. The number of alkyl halides is 1. The Morgan fingerprint density at radius 2 is 2.33 bits per heavy atom. The SMILES string of the molecule is ClC1=C(COc2nnc(C3C=NC=CN3)s2)C(Cl)CC=C1. The van der Waals surface area contributed by atoms with Gasteiger partial charge in [-0.2, -0.15) is 0 Å². The zero-order valence-electron chi connectivity index (χ0n) is 10.9. The van der Waals surface area contributed by atoms with Crippen LogP contribution in [0.15, 0.2) is 40.1 Å². The molecule has 0 aromatic carbocycles. The largest absolute Gasteiger partial charge is 0.464 e. The minimum atomic E-state index is -0.132. The van der Waals surface area contributed by atoms with E-state index in [2.05, 4.69) is 20.5 Å². The van der Waals surface area contributed by atoms with Crippen LogP contribution in [0, 0.1) is 0 Å². The first-order valence-corrected chi connectivity index (χ1v) is 7.97. The average Bonchev–Trinajstić information content (AvgIpc) is 2.97. The third-order valence-corrected chi connectivity index (χ3v) is 4.73. The highest BCUT2D eigenvalue weighted by Crippen LogP contribution is 2.29. The van der Waals surface area contributed by atoms with E-state index < -0.39 is 0 Å². The van der Waals surface area contributed by atoms with Gasteiger partial charge in [0.2, 0.25) is 0 Å². The highest BCUT2D eigenvalue weighted by molar-refractivity contribution is 7.13. The van der Waals surface area contributed by atoms with Crippen molar-refractivity contribution in [1.29, 1.82) is 0 Å². The average molecular weight is 343 g/mol. The predicted octanol–water partition coefficient (Wildman–Crippen LogP) is 3.16. The molecule has 0 bridgehead atoms. The van der Waals surface area contributed by atoms with E-state index >= 15 is 0 Å². The Morgan fingerprint density at radius 3 is 3.10 bits per heavy atom. The Hall–Kier alpha value is -1.37. The minimum absolute atomic E-state index is 0.0638. The minimum Gasteiger partial charge on any atom is -0.464 e. The summed E-state index contributed by atoms with van der Waals surface area (Å²) in [5.74, 6) is 0. The standard InChI is InChI=1S/C13H12Cl2N4OS/c14-9-2-1-3-10(15)8(9)7-20-13-19-18-12(21-13)11-6-16-4-5-17-11/h1-2,4-6,10-11,17H,3,7H2. The summed E-state index contributed by atoms with van der Waals surface area (Å²) in [4.78, 5) is 4.06. The first-order chi connectivity index (χ1) is 10.2. The van der Waals surface area contributed by atoms with Crippen LogP contribution >= 0.6 is 34.5 Å². The van der Waals surface area contributed by atoms with Crippen molar-refractivity contribution in [2.45, 2.75) is 17.8 Å². The molecule has 0 amide bonds. The van der Waals surface area contributed by atoms with Crippen molar-refractivity contribution < 1.29 is 4.74 Å². The molecule has 110 valence electrons. The molecule has 0 saturated heterocycles. The molecule has 1 aromatic rings. The van der Waals surface area contributed by atoms with E-state index in [1.54, 1.807) is 18.6 Å². The van der Waals surface area contributed by atoms with Crippen molar-refractivity contribution in [2.24, 2.45) is 4.99 Å². The van der Waals surface area contributed by atoms with Crippen LogP contribution in [0.3, 0.4) is 0 Å². The fourth-order valence-corrected chi connectivity index (χ4v) is 3.23. The highest BCUT2D eigenvalue weighted by Gasteiger charge is 2.19. The second-order valence-corrected chi connectivity index (χ2v) is 6.34. The molecule has 0 spiro atoms. The smallest absolute Gasteiger partial charge is 0.294 e. The van der Waals surface area contributed by atoms with Gasteiger partial charge in [0.05, 0.1) is 5.38 Å². The Balaban J connectivity index is 1.64. The molecule has 2 unspecified atom stereocenters. The van der Waals surface area contributed by atoms with E-state index in [0.29, 0.717) is 16.8 Å².